The summed E-state index contributed by atoms with van der Waals surface area (Å²) in [6, 6.07) is 0.768. The fourth-order valence-electron chi connectivity index (χ4n) is 2.28. The van der Waals surface area contributed by atoms with Gasteiger partial charge < -0.3 is 10.5 Å². The largest absolute Gasteiger partial charge is 0.377 e. The summed E-state index contributed by atoms with van der Waals surface area (Å²) in [6.07, 6.45) is 5.47. The Kier molecular flexibility index (Phi) is 6.22. The zero-order valence-corrected chi connectivity index (χ0v) is 10.2. The van der Waals surface area contributed by atoms with Crippen LogP contribution in [0.4, 0.5) is 0 Å². The summed E-state index contributed by atoms with van der Waals surface area (Å²) in [5, 5.41) is 0. The SMILES string of the molecule is CC(C)OCCN1CCCC1CCCN. The van der Waals surface area contributed by atoms with Crippen LogP contribution in [0.15, 0.2) is 0 Å². The number of hydrogen-bond donors (Lipinski definition) is 1. The molecule has 1 saturated heterocycles. The molecule has 1 aliphatic rings. The van der Waals surface area contributed by atoms with Crippen molar-refractivity contribution in [3.63, 3.8) is 0 Å². The van der Waals surface area contributed by atoms with E-state index in [0.29, 0.717) is 6.10 Å². The van der Waals surface area contributed by atoms with E-state index in [1.54, 1.807) is 0 Å². The zero-order valence-electron chi connectivity index (χ0n) is 10.2. The predicted molar refractivity (Wildman–Crippen MR) is 64.0 cm³/mol. The average Bonchev–Trinajstić information content (AvgIpc) is 2.62. The van der Waals surface area contributed by atoms with Crippen molar-refractivity contribution in [3.05, 3.63) is 0 Å². The van der Waals surface area contributed by atoms with Gasteiger partial charge in [0.25, 0.3) is 0 Å². The minimum absolute atomic E-state index is 0.357. The standard InChI is InChI=1S/C12H26N2O/c1-11(2)15-10-9-14-8-4-6-12(14)5-3-7-13/h11-12H,3-10,13H2,1-2H3. The van der Waals surface area contributed by atoms with Crippen molar-refractivity contribution in [1.29, 1.82) is 0 Å². The Labute approximate surface area is 94.0 Å². The Bertz CT molecular complexity index is 162. The molecule has 1 unspecified atom stereocenters. The Hall–Kier alpha value is -0.120. The predicted octanol–water partition coefficient (Wildman–Crippen LogP) is 1.61. The van der Waals surface area contributed by atoms with E-state index in [0.717, 1.165) is 32.2 Å². The van der Waals surface area contributed by atoms with Gasteiger partial charge in [0, 0.05) is 12.6 Å². The molecule has 1 atom stereocenters. The quantitative estimate of drug-likeness (QED) is 0.700. The van der Waals surface area contributed by atoms with E-state index in [2.05, 4.69) is 18.7 Å². The maximum Gasteiger partial charge on any atom is 0.0597 e. The van der Waals surface area contributed by atoms with Crippen molar-refractivity contribution in [2.75, 3.05) is 26.2 Å². The van der Waals surface area contributed by atoms with E-state index >= 15 is 0 Å². The molecule has 0 radical (unpaired) electrons. The lowest BCUT2D eigenvalue weighted by atomic mass is 10.1. The van der Waals surface area contributed by atoms with Crippen LogP contribution in [-0.4, -0.2) is 43.3 Å². The summed E-state index contributed by atoms with van der Waals surface area (Å²) in [5.74, 6) is 0. The molecule has 0 saturated carbocycles. The Morgan fingerprint density at radius 1 is 1.47 bits per heavy atom. The molecule has 0 aliphatic carbocycles. The van der Waals surface area contributed by atoms with Crippen molar-refractivity contribution in [2.45, 2.75) is 51.7 Å². The van der Waals surface area contributed by atoms with Gasteiger partial charge in [-0.2, -0.15) is 0 Å². The molecule has 0 spiro atoms. The van der Waals surface area contributed by atoms with Gasteiger partial charge >= 0.3 is 0 Å². The van der Waals surface area contributed by atoms with E-state index in [-0.39, 0.29) is 0 Å². The van der Waals surface area contributed by atoms with Gasteiger partial charge in [0.1, 0.15) is 0 Å². The molecule has 0 aromatic rings. The first-order chi connectivity index (χ1) is 7.24. The topological polar surface area (TPSA) is 38.5 Å². The van der Waals surface area contributed by atoms with Crippen molar-refractivity contribution in [1.82, 2.24) is 4.90 Å². The minimum Gasteiger partial charge on any atom is -0.377 e. The van der Waals surface area contributed by atoms with E-state index in [1.807, 2.05) is 0 Å². The van der Waals surface area contributed by atoms with Gasteiger partial charge in [-0.3, -0.25) is 4.90 Å². The van der Waals surface area contributed by atoms with Crippen LogP contribution in [0.3, 0.4) is 0 Å². The number of ether oxygens (including phenoxy) is 1. The highest BCUT2D eigenvalue weighted by Crippen LogP contribution is 2.20. The fraction of sp³-hybridized carbons (Fsp3) is 1.00. The summed E-state index contributed by atoms with van der Waals surface area (Å²) < 4.78 is 5.59. The second kappa shape index (κ2) is 7.20. The molecular weight excluding hydrogens is 188 g/mol. The van der Waals surface area contributed by atoms with Crippen molar-refractivity contribution in [3.8, 4) is 0 Å². The first kappa shape index (κ1) is 12.9. The highest BCUT2D eigenvalue weighted by atomic mass is 16.5. The average molecular weight is 214 g/mol. The van der Waals surface area contributed by atoms with Crippen molar-refractivity contribution in [2.24, 2.45) is 5.73 Å². The molecule has 3 nitrogen and oxygen atoms in total. The summed E-state index contributed by atoms with van der Waals surface area (Å²) in [7, 11) is 0. The number of nitrogens with two attached hydrogens (primary N) is 1. The van der Waals surface area contributed by atoms with Crippen molar-refractivity contribution >= 4 is 0 Å². The molecule has 3 heteroatoms. The highest BCUT2D eigenvalue weighted by Gasteiger charge is 2.23. The van der Waals surface area contributed by atoms with Gasteiger partial charge in [-0.1, -0.05) is 0 Å². The highest BCUT2D eigenvalue weighted by molar-refractivity contribution is 4.78. The first-order valence-electron chi connectivity index (χ1n) is 6.29. The Morgan fingerprint density at radius 2 is 2.27 bits per heavy atom. The maximum absolute atomic E-state index is 5.59. The molecule has 0 bridgehead atoms. The summed E-state index contributed by atoms with van der Waals surface area (Å²) in [6.45, 7) is 8.22. The maximum atomic E-state index is 5.59. The second-order valence-corrected chi connectivity index (χ2v) is 4.68. The molecule has 15 heavy (non-hydrogen) atoms. The third-order valence-electron chi connectivity index (χ3n) is 3.07. The van der Waals surface area contributed by atoms with E-state index in [4.69, 9.17) is 10.5 Å². The van der Waals surface area contributed by atoms with E-state index in [9.17, 15) is 0 Å². The third-order valence-corrected chi connectivity index (χ3v) is 3.07. The molecule has 1 fully saturated rings. The Morgan fingerprint density at radius 3 is 2.93 bits per heavy atom. The molecule has 90 valence electrons. The summed E-state index contributed by atoms with van der Waals surface area (Å²) in [5.41, 5.74) is 5.55. The van der Waals surface area contributed by atoms with Crippen LogP contribution in [0.25, 0.3) is 0 Å². The van der Waals surface area contributed by atoms with Crippen LogP contribution < -0.4 is 5.73 Å². The van der Waals surface area contributed by atoms with Crippen molar-refractivity contribution < 1.29 is 4.74 Å². The first-order valence-corrected chi connectivity index (χ1v) is 6.29. The van der Waals surface area contributed by atoms with Crippen LogP contribution in [-0.2, 0) is 4.74 Å². The van der Waals surface area contributed by atoms with Crippen LogP contribution in [0.5, 0.6) is 0 Å². The lowest BCUT2D eigenvalue weighted by molar-refractivity contribution is 0.0555. The van der Waals surface area contributed by atoms with Crippen LogP contribution >= 0.6 is 0 Å². The third kappa shape index (κ3) is 4.96. The second-order valence-electron chi connectivity index (χ2n) is 4.68. The number of nitrogens with zero attached hydrogens (tertiary/aromatic N) is 1. The normalized spacial score (nSPS) is 22.8. The zero-order chi connectivity index (χ0) is 11.1. The molecule has 2 N–H and O–H groups in total. The number of likely N-dealkylation sites (tertiary alicyclic amines) is 1. The summed E-state index contributed by atoms with van der Waals surface area (Å²) in [4.78, 5) is 2.57. The molecule has 1 heterocycles. The van der Waals surface area contributed by atoms with Gasteiger partial charge in [-0.15, -0.1) is 0 Å². The number of hydrogen-bond acceptors (Lipinski definition) is 3. The van der Waals surface area contributed by atoms with Crippen LogP contribution in [0.2, 0.25) is 0 Å². The molecule has 1 aliphatic heterocycles. The van der Waals surface area contributed by atoms with Gasteiger partial charge in [0.15, 0.2) is 0 Å². The van der Waals surface area contributed by atoms with Crippen LogP contribution in [0, 0.1) is 0 Å². The minimum atomic E-state index is 0.357. The van der Waals surface area contributed by atoms with Gasteiger partial charge in [-0.05, 0) is 52.6 Å². The smallest absolute Gasteiger partial charge is 0.0597 e. The van der Waals surface area contributed by atoms with Gasteiger partial charge in [0.05, 0.1) is 12.7 Å². The molecule has 0 aromatic carbocycles. The molecule has 1 rings (SSSR count). The fourth-order valence-corrected chi connectivity index (χ4v) is 2.28. The Balaban J connectivity index is 2.15. The summed E-state index contributed by atoms with van der Waals surface area (Å²) >= 11 is 0. The molecule has 0 aromatic heterocycles. The lowest BCUT2D eigenvalue weighted by Crippen LogP contribution is -2.33. The van der Waals surface area contributed by atoms with Gasteiger partial charge in [0.2, 0.25) is 0 Å². The molecule has 0 amide bonds. The van der Waals surface area contributed by atoms with E-state index in [1.165, 1.54) is 25.8 Å². The van der Waals surface area contributed by atoms with Crippen LogP contribution in [0.1, 0.15) is 39.5 Å². The lowest BCUT2D eigenvalue weighted by Gasteiger charge is -2.24. The van der Waals surface area contributed by atoms with E-state index < -0.39 is 0 Å². The van der Waals surface area contributed by atoms with Gasteiger partial charge in [-0.25, -0.2) is 0 Å². The number of rotatable bonds is 7. The monoisotopic (exact) mass is 214 g/mol. The molecular formula is C12H26N2O.